The summed E-state index contributed by atoms with van der Waals surface area (Å²) in [5.74, 6) is 0.802. The van der Waals surface area contributed by atoms with Crippen LogP contribution in [0.3, 0.4) is 0 Å². The number of aryl methyl sites for hydroxylation is 1. The molecule has 116 valence electrons. The number of thiazole rings is 1. The van der Waals surface area contributed by atoms with E-state index in [-0.39, 0.29) is 0 Å². The molecule has 0 unspecified atom stereocenters. The number of benzene rings is 1. The Morgan fingerprint density at radius 2 is 2.09 bits per heavy atom. The first kappa shape index (κ1) is 16.2. The molecule has 0 atom stereocenters. The van der Waals surface area contributed by atoms with E-state index in [1.165, 1.54) is 4.88 Å². The Balaban J connectivity index is 2.12. The summed E-state index contributed by atoms with van der Waals surface area (Å²) in [4.78, 5) is 10.5. The van der Waals surface area contributed by atoms with E-state index in [9.17, 15) is 0 Å². The van der Waals surface area contributed by atoms with E-state index in [4.69, 9.17) is 0 Å². The zero-order chi connectivity index (χ0) is 15.8. The molecule has 0 spiro atoms. The smallest absolute Gasteiger partial charge is 0.191 e. The molecule has 0 aliphatic carbocycles. The quantitative estimate of drug-likeness (QED) is 0.488. The Morgan fingerprint density at radius 1 is 1.32 bits per heavy atom. The second-order valence-electron chi connectivity index (χ2n) is 4.76. The van der Waals surface area contributed by atoms with Crippen molar-refractivity contribution >= 4 is 17.3 Å². The van der Waals surface area contributed by atoms with Gasteiger partial charge in [0.2, 0.25) is 0 Å². The van der Waals surface area contributed by atoms with Crippen LogP contribution in [0.5, 0.6) is 0 Å². The van der Waals surface area contributed by atoms with Gasteiger partial charge in [-0.2, -0.15) is 0 Å². The maximum atomic E-state index is 4.66. The van der Waals surface area contributed by atoms with Gasteiger partial charge < -0.3 is 10.6 Å². The number of hydrogen-bond acceptors (Lipinski definition) is 3. The lowest BCUT2D eigenvalue weighted by molar-refractivity contribution is 0.861. The SMILES string of the molecule is C=CCNC(=NCc1sc(-c2ccccc2)nc1C)NCC. The molecule has 0 aliphatic heterocycles. The molecule has 5 heteroatoms. The lowest BCUT2D eigenvalue weighted by Gasteiger charge is -2.08. The summed E-state index contributed by atoms with van der Waals surface area (Å²) in [6.07, 6.45) is 1.82. The van der Waals surface area contributed by atoms with Crippen molar-refractivity contribution in [3.63, 3.8) is 0 Å². The number of nitrogens with one attached hydrogen (secondary N) is 2. The Morgan fingerprint density at radius 3 is 2.77 bits per heavy atom. The van der Waals surface area contributed by atoms with Crippen LogP contribution >= 0.6 is 11.3 Å². The first-order valence-corrected chi connectivity index (χ1v) is 8.21. The van der Waals surface area contributed by atoms with Gasteiger partial charge >= 0.3 is 0 Å². The van der Waals surface area contributed by atoms with Crippen LogP contribution < -0.4 is 10.6 Å². The molecule has 2 aromatic rings. The molecule has 1 heterocycles. The van der Waals surface area contributed by atoms with E-state index in [0.717, 1.165) is 28.8 Å². The topological polar surface area (TPSA) is 49.3 Å². The van der Waals surface area contributed by atoms with Gasteiger partial charge in [0.1, 0.15) is 5.01 Å². The number of nitrogens with zero attached hydrogens (tertiary/aromatic N) is 2. The van der Waals surface area contributed by atoms with E-state index in [1.807, 2.05) is 31.2 Å². The molecule has 0 amide bonds. The largest absolute Gasteiger partial charge is 0.357 e. The molecule has 2 rings (SSSR count). The van der Waals surface area contributed by atoms with Crippen molar-refractivity contribution in [3.05, 3.63) is 53.6 Å². The fraction of sp³-hybridized carbons (Fsp3) is 0.294. The normalized spacial score (nSPS) is 11.3. The number of hydrogen-bond donors (Lipinski definition) is 2. The number of rotatable bonds is 6. The second-order valence-corrected chi connectivity index (χ2v) is 5.84. The van der Waals surface area contributed by atoms with Crippen LogP contribution in [0.25, 0.3) is 10.6 Å². The molecule has 2 N–H and O–H groups in total. The standard InChI is InChI=1S/C17H22N4S/c1-4-11-19-17(18-5-2)20-12-15-13(3)21-16(22-15)14-9-7-6-8-10-14/h4,6-10H,1,5,11-12H2,2-3H3,(H2,18,19,20). The van der Waals surface area contributed by atoms with Crippen LogP contribution in [0.2, 0.25) is 0 Å². The fourth-order valence-corrected chi connectivity index (χ4v) is 2.93. The van der Waals surface area contributed by atoms with Gasteiger partial charge in [0.05, 0.1) is 12.2 Å². The molecule has 1 aromatic carbocycles. The van der Waals surface area contributed by atoms with E-state index >= 15 is 0 Å². The zero-order valence-electron chi connectivity index (χ0n) is 13.1. The molecule has 0 aliphatic rings. The van der Waals surface area contributed by atoms with Gasteiger partial charge in [-0.05, 0) is 13.8 Å². The molecule has 0 saturated heterocycles. The van der Waals surface area contributed by atoms with Crippen molar-refractivity contribution in [3.8, 4) is 10.6 Å². The highest BCUT2D eigenvalue weighted by atomic mass is 32.1. The highest BCUT2D eigenvalue weighted by Crippen LogP contribution is 2.28. The van der Waals surface area contributed by atoms with Gasteiger partial charge in [-0.25, -0.2) is 9.98 Å². The average Bonchev–Trinajstić information content (AvgIpc) is 2.92. The number of aliphatic imine (C=N–C) groups is 1. The van der Waals surface area contributed by atoms with Gasteiger partial charge in [0, 0.05) is 23.5 Å². The summed E-state index contributed by atoms with van der Waals surface area (Å²) < 4.78 is 0. The minimum atomic E-state index is 0.628. The highest BCUT2D eigenvalue weighted by molar-refractivity contribution is 7.15. The molecule has 0 radical (unpaired) electrons. The van der Waals surface area contributed by atoms with Crippen LogP contribution in [-0.2, 0) is 6.54 Å². The predicted molar refractivity (Wildman–Crippen MR) is 95.3 cm³/mol. The first-order chi connectivity index (χ1) is 10.7. The van der Waals surface area contributed by atoms with Crippen LogP contribution in [0.4, 0.5) is 0 Å². The van der Waals surface area contributed by atoms with Crippen LogP contribution in [0, 0.1) is 6.92 Å². The summed E-state index contributed by atoms with van der Waals surface area (Å²) >= 11 is 1.70. The summed E-state index contributed by atoms with van der Waals surface area (Å²) in [6.45, 7) is 9.96. The van der Waals surface area contributed by atoms with Gasteiger partial charge in [-0.15, -0.1) is 17.9 Å². The minimum Gasteiger partial charge on any atom is -0.357 e. The summed E-state index contributed by atoms with van der Waals surface area (Å²) in [5.41, 5.74) is 2.20. The van der Waals surface area contributed by atoms with Crippen LogP contribution in [0.15, 0.2) is 48.0 Å². The van der Waals surface area contributed by atoms with Crippen molar-refractivity contribution in [2.75, 3.05) is 13.1 Å². The van der Waals surface area contributed by atoms with Crippen molar-refractivity contribution in [1.82, 2.24) is 15.6 Å². The van der Waals surface area contributed by atoms with Gasteiger partial charge in [-0.3, -0.25) is 0 Å². The molecule has 0 fully saturated rings. The predicted octanol–water partition coefficient (Wildman–Crippen LogP) is 3.36. The van der Waals surface area contributed by atoms with Crippen molar-refractivity contribution in [2.24, 2.45) is 4.99 Å². The average molecular weight is 314 g/mol. The maximum absolute atomic E-state index is 4.66. The molecule has 0 saturated carbocycles. The van der Waals surface area contributed by atoms with Gasteiger partial charge in [-0.1, -0.05) is 36.4 Å². The summed E-state index contributed by atoms with van der Waals surface area (Å²) in [6, 6.07) is 10.3. The fourth-order valence-electron chi connectivity index (χ4n) is 1.94. The van der Waals surface area contributed by atoms with Crippen LogP contribution in [0.1, 0.15) is 17.5 Å². The lowest BCUT2D eigenvalue weighted by Crippen LogP contribution is -2.37. The lowest BCUT2D eigenvalue weighted by atomic mass is 10.2. The third-order valence-corrected chi connectivity index (χ3v) is 4.24. The number of aromatic nitrogens is 1. The van der Waals surface area contributed by atoms with Crippen LogP contribution in [-0.4, -0.2) is 24.0 Å². The molecule has 1 aromatic heterocycles. The van der Waals surface area contributed by atoms with Gasteiger partial charge in [0.25, 0.3) is 0 Å². The minimum absolute atomic E-state index is 0.628. The third-order valence-electron chi connectivity index (χ3n) is 3.05. The van der Waals surface area contributed by atoms with E-state index in [0.29, 0.717) is 13.1 Å². The first-order valence-electron chi connectivity index (χ1n) is 7.39. The van der Waals surface area contributed by atoms with Crippen molar-refractivity contribution in [1.29, 1.82) is 0 Å². The zero-order valence-corrected chi connectivity index (χ0v) is 13.9. The van der Waals surface area contributed by atoms with E-state index in [2.05, 4.69) is 46.2 Å². The molecule has 0 bridgehead atoms. The Bertz CT molecular complexity index is 631. The van der Waals surface area contributed by atoms with E-state index < -0.39 is 0 Å². The summed E-state index contributed by atoms with van der Waals surface area (Å²) in [5, 5.41) is 7.47. The monoisotopic (exact) mass is 314 g/mol. The van der Waals surface area contributed by atoms with Crippen molar-refractivity contribution < 1.29 is 0 Å². The maximum Gasteiger partial charge on any atom is 0.191 e. The molecular weight excluding hydrogens is 292 g/mol. The summed E-state index contributed by atoms with van der Waals surface area (Å²) in [7, 11) is 0. The Labute approximate surface area is 136 Å². The molecule has 22 heavy (non-hydrogen) atoms. The Kier molecular flexibility index (Phi) is 6.15. The molecular formula is C17H22N4S. The number of guanidine groups is 1. The van der Waals surface area contributed by atoms with Crippen molar-refractivity contribution in [2.45, 2.75) is 20.4 Å². The second kappa shape index (κ2) is 8.34. The highest BCUT2D eigenvalue weighted by Gasteiger charge is 2.09. The van der Waals surface area contributed by atoms with Gasteiger partial charge in [0.15, 0.2) is 5.96 Å². The third kappa shape index (κ3) is 4.43. The van der Waals surface area contributed by atoms with E-state index in [1.54, 1.807) is 11.3 Å². The molecule has 4 nitrogen and oxygen atoms in total. The Hall–Kier alpha value is -2.14.